The van der Waals surface area contributed by atoms with Crippen molar-refractivity contribution >= 4 is 23.7 Å². The second-order valence-electron chi connectivity index (χ2n) is 10.3. The van der Waals surface area contributed by atoms with Crippen LogP contribution in [-0.4, -0.2) is 72.5 Å². The van der Waals surface area contributed by atoms with E-state index in [2.05, 4.69) is 20.9 Å². The molecular formula is C24H38N6O3. The molecule has 1 aliphatic heterocycles. The summed E-state index contributed by atoms with van der Waals surface area (Å²) in [4.78, 5) is 46.9. The second kappa shape index (κ2) is 10.1. The molecule has 182 valence electrons. The van der Waals surface area contributed by atoms with Crippen LogP contribution in [0.5, 0.6) is 0 Å². The fraction of sp³-hybridized carbons (Fsp3) is 0.667. The predicted molar refractivity (Wildman–Crippen MR) is 128 cm³/mol. The molecule has 0 spiro atoms. The van der Waals surface area contributed by atoms with Gasteiger partial charge in [0.25, 0.3) is 0 Å². The standard InChI is InChI=1S/C24H38N6O3/c1-15(25-5)21(31)28-20(24(2,3)4)22(32)30-14-12-16-10-11-17(19(16)30)27-23(33)29(6)18-9-7-8-13-26-18/h7-9,13,15-17,19-20,25H,10-12,14H2,1-6H3,(H,27,33)(H,28,31)/t15-,16+,17-,19-,20+/m0/s1. The summed E-state index contributed by atoms with van der Waals surface area (Å²) < 4.78 is 0. The number of amides is 4. The zero-order chi connectivity index (χ0) is 24.3. The van der Waals surface area contributed by atoms with E-state index in [0.717, 1.165) is 19.3 Å². The summed E-state index contributed by atoms with van der Waals surface area (Å²) in [6.07, 6.45) is 4.36. The van der Waals surface area contributed by atoms with E-state index in [0.29, 0.717) is 18.3 Å². The normalized spacial score (nSPS) is 24.1. The molecule has 1 aromatic heterocycles. The number of carbonyl (C=O) groups is 3. The van der Waals surface area contributed by atoms with Crippen LogP contribution >= 0.6 is 0 Å². The lowest BCUT2D eigenvalue weighted by molar-refractivity contribution is -0.141. The summed E-state index contributed by atoms with van der Waals surface area (Å²) in [7, 11) is 3.41. The molecule has 2 heterocycles. The van der Waals surface area contributed by atoms with E-state index in [9.17, 15) is 14.4 Å². The van der Waals surface area contributed by atoms with E-state index in [1.807, 2.05) is 31.7 Å². The van der Waals surface area contributed by atoms with Crippen molar-refractivity contribution in [2.45, 2.75) is 71.1 Å². The minimum Gasteiger partial charge on any atom is -0.342 e. The van der Waals surface area contributed by atoms with Crippen molar-refractivity contribution in [3.05, 3.63) is 24.4 Å². The maximum absolute atomic E-state index is 13.7. The van der Waals surface area contributed by atoms with Crippen molar-refractivity contribution < 1.29 is 14.4 Å². The van der Waals surface area contributed by atoms with Gasteiger partial charge in [-0.15, -0.1) is 0 Å². The Labute approximate surface area is 196 Å². The zero-order valence-electron chi connectivity index (χ0n) is 20.6. The third-order valence-electron chi connectivity index (χ3n) is 6.96. The van der Waals surface area contributed by atoms with Crippen molar-refractivity contribution in [3.63, 3.8) is 0 Å². The number of pyridine rings is 1. The Morgan fingerprint density at radius 3 is 2.52 bits per heavy atom. The predicted octanol–water partition coefficient (Wildman–Crippen LogP) is 1.75. The van der Waals surface area contributed by atoms with Crippen LogP contribution < -0.4 is 20.9 Å². The van der Waals surface area contributed by atoms with Crippen LogP contribution in [0.25, 0.3) is 0 Å². The van der Waals surface area contributed by atoms with Crippen LogP contribution in [0.4, 0.5) is 10.6 Å². The first-order chi connectivity index (χ1) is 15.5. The van der Waals surface area contributed by atoms with Crippen molar-refractivity contribution in [2.75, 3.05) is 25.5 Å². The molecular weight excluding hydrogens is 420 g/mol. The first-order valence-corrected chi connectivity index (χ1v) is 11.8. The van der Waals surface area contributed by atoms with Crippen molar-refractivity contribution in [1.82, 2.24) is 25.8 Å². The molecule has 0 unspecified atom stereocenters. The monoisotopic (exact) mass is 458 g/mol. The lowest BCUT2D eigenvalue weighted by atomic mass is 9.85. The molecule has 0 radical (unpaired) electrons. The van der Waals surface area contributed by atoms with Crippen molar-refractivity contribution in [3.8, 4) is 0 Å². The van der Waals surface area contributed by atoms with Crippen LogP contribution in [0.2, 0.25) is 0 Å². The molecule has 1 saturated heterocycles. The number of rotatable bonds is 6. The van der Waals surface area contributed by atoms with Gasteiger partial charge in [0.05, 0.1) is 18.1 Å². The maximum Gasteiger partial charge on any atom is 0.323 e. The summed E-state index contributed by atoms with van der Waals surface area (Å²) >= 11 is 0. The van der Waals surface area contributed by atoms with Gasteiger partial charge in [-0.25, -0.2) is 9.78 Å². The van der Waals surface area contributed by atoms with E-state index in [-0.39, 0.29) is 29.9 Å². The topological polar surface area (TPSA) is 107 Å². The number of anilines is 1. The Balaban J connectivity index is 1.74. The van der Waals surface area contributed by atoms with Gasteiger partial charge in [-0.2, -0.15) is 0 Å². The Kier molecular flexibility index (Phi) is 7.62. The van der Waals surface area contributed by atoms with Gasteiger partial charge in [0, 0.05) is 19.8 Å². The summed E-state index contributed by atoms with van der Waals surface area (Å²) in [6, 6.07) is 3.95. The zero-order valence-corrected chi connectivity index (χ0v) is 20.6. The number of likely N-dealkylation sites (N-methyl/N-ethyl adjacent to an activating group) is 1. The maximum atomic E-state index is 13.7. The molecule has 1 saturated carbocycles. The highest BCUT2D eigenvalue weighted by Crippen LogP contribution is 2.39. The van der Waals surface area contributed by atoms with Gasteiger partial charge in [-0.1, -0.05) is 26.8 Å². The fourth-order valence-electron chi connectivity index (χ4n) is 4.84. The van der Waals surface area contributed by atoms with Crippen LogP contribution in [0, 0.1) is 11.3 Å². The third-order valence-corrected chi connectivity index (χ3v) is 6.96. The minimum atomic E-state index is -0.646. The molecule has 3 rings (SSSR count). The van der Waals surface area contributed by atoms with E-state index >= 15 is 0 Å². The number of nitrogens with one attached hydrogen (secondary N) is 3. The average molecular weight is 459 g/mol. The lowest BCUT2D eigenvalue weighted by Gasteiger charge is -2.38. The first kappa shape index (κ1) is 25.0. The lowest BCUT2D eigenvalue weighted by Crippen LogP contribution is -2.60. The molecule has 3 N–H and O–H groups in total. The van der Waals surface area contributed by atoms with Gasteiger partial charge >= 0.3 is 6.03 Å². The van der Waals surface area contributed by atoms with Crippen LogP contribution in [0.1, 0.15) is 47.0 Å². The number of hydrogen-bond acceptors (Lipinski definition) is 5. The number of nitrogens with zero attached hydrogens (tertiary/aromatic N) is 3. The van der Waals surface area contributed by atoms with Gasteiger partial charge in [0.1, 0.15) is 11.9 Å². The summed E-state index contributed by atoms with van der Waals surface area (Å²) in [5, 5.41) is 9.02. The molecule has 5 atom stereocenters. The highest BCUT2D eigenvalue weighted by molar-refractivity contribution is 5.92. The van der Waals surface area contributed by atoms with Gasteiger partial charge in [0.2, 0.25) is 11.8 Å². The molecule has 4 amide bonds. The number of urea groups is 1. The number of aromatic nitrogens is 1. The summed E-state index contributed by atoms with van der Waals surface area (Å²) in [5.41, 5.74) is -0.450. The molecule has 33 heavy (non-hydrogen) atoms. The largest absolute Gasteiger partial charge is 0.342 e. The first-order valence-electron chi connectivity index (χ1n) is 11.8. The highest BCUT2D eigenvalue weighted by Gasteiger charge is 2.49. The van der Waals surface area contributed by atoms with E-state index in [1.54, 1.807) is 39.3 Å². The Hall–Kier alpha value is -2.68. The number of carbonyl (C=O) groups excluding carboxylic acids is 3. The van der Waals surface area contributed by atoms with Gasteiger partial charge in [0.15, 0.2) is 0 Å². The number of fused-ring (bicyclic) bond motifs is 1. The Morgan fingerprint density at radius 1 is 1.18 bits per heavy atom. The summed E-state index contributed by atoms with van der Waals surface area (Å²) in [6.45, 7) is 8.29. The van der Waals surface area contributed by atoms with Crippen LogP contribution in [0.15, 0.2) is 24.4 Å². The summed E-state index contributed by atoms with van der Waals surface area (Å²) in [5.74, 6) is 0.644. The van der Waals surface area contributed by atoms with E-state index in [1.165, 1.54) is 4.90 Å². The van der Waals surface area contributed by atoms with Crippen molar-refractivity contribution in [1.29, 1.82) is 0 Å². The smallest absolute Gasteiger partial charge is 0.323 e. The molecule has 2 fully saturated rings. The molecule has 1 aromatic rings. The minimum absolute atomic E-state index is 0.0675. The van der Waals surface area contributed by atoms with Crippen molar-refractivity contribution in [2.24, 2.45) is 11.3 Å². The van der Waals surface area contributed by atoms with Crippen LogP contribution in [-0.2, 0) is 9.59 Å². The third kappa shape index (κ3) is 5.46. The number of hydrogen-bond donors (Lipinski definition) is 3. The van der Waals surface area contributed by atoms with E-state index in [4.69, 9.17) is 0 Å². The molecule has 2 aliphatic rings. The molecule has 1 aliphatic carbocycles. The quantitative estimate of drug-likeness (QED) is 0.602. The SMILES string of the molecule is CN[C@@H](C)C(=O)N[C@H](C(=O)N1CC[C@H]2CC[C@H](NC(=O)N(C)c3ccccn3)[C@H]21)C(C)(C)C. The Bertz CT molecular complexity index is 856. The van der Waals surface area contributed by atoms with Gasteiger partial charge in [-0.3, -0.25) is 14.5 Å². The van der Waals surface area contributed by atoms with Gasteiger partial charge < -0.3 is 20.9 Å². The second-order valence-corrected chi connectivity index (χ2v) is 10.3. The molecule has 9 nitrogen and oxygen atoms in total. The molecule has 0 aromatic carbocycles. The van der Waals surface area contributed by atoms with Crippen LogP contribution in [0.3, 0.4) is 0 Å². The number of likely N-dealkylation sites (tertiary alicyclic amines) is 1. The highest BCUT2D eigenvalue weighted by atomic mass is 16.2. The fourth-order valence-corrected chi connectivity index (χ4v) is 4.84. The molecule has 0 bridgehead atoms. The van der Waals surface area contributed by atoms with Gasteiger partial charge in [-0.05, 0) is 56.7 Å². The Morgan fingerprint density at radius 2 is 1.91 bits per heavy atom. The average Bonchev–Trinajstić information content (AvgIpc) is 3.38. The molecule has 9 heteroatoms. The van der Waals surface area contributed by atoms with E-state index < -0.39 is 17.5 Å².